The average molecular weight is 472 g/mol. The molecular weight excluding hydrogens is 438 g/mol. The number of nitrogens with one attached hydrogen (secondary N) is 2. The van der Waals surface area contributed by atoms with Crippen LogP contribution in [-0.4, -0.2) is 65.8 Å². The zero-order valence-electron chi connectivity index (χ0n) is 20.6. The Morgan fingerprint density at radius 2 is 1.94 bits per heavy atom. The van der Waals surface area contributed by atoms with Crippen molar-refractivity contribution in [1.82, 2.24) is 25.3 Å². The predicted molar refractivity (Wildman–Crippen MR) is 126 cm³/mol. The molecule has 2 N–H and O–H groups in total. The molecule has 2 heterocycles. The van der Waals surface area contributed by atoms with E-state index in [-0.39, 0.29) is 36.3 Å². The van der Waals surface area contributed by atoms with Crippen molar-refractivity contribution < 1.29 is 23.9 Å². The van der Waals surface area contributed by atoms with Gasteiger partial charge in [-0.05, 0) is 25.3 Å². The standard InChI is InChI=1S/C24H33N5O5/c1-15(2)10-11-25-23(32)24(3)14-29-18(22(31)28(24)4)12-17(27-29)21(30)26-13-16-8-7-9-19(33-5)20(16)34-6/h7-9,12,15H,10-11,13-14H2,1-6H3,(H,25,32)(H,26,30)/t24-/m1/s1. The summed E-state index contributed by atoms with van der Waals surface area (Å²) in [7, 11) is 4.67. The van der Waals surface area contributed by atoms with E-state index in [2.05, 4.69) is 29.6 Å². The summed E-state index contributed by atoms with van der Waals surface area (Å²) in [4.78, 5) is 40.2. The molecule has 0 saturated carbocycles. The molecule has 0 radical (unpaired) electrons. The topological polar surface area (TPSA) is 115 Å². The number of amides is 3. The lowest BCUT2D eigenvalue weighted by molar-refractivity contribution is -0.132. The van der Waals surface area contributed by atoms with Crippen molar-refractivity contribution in [3.8, 4) is 11.5 Å². The summed E-state index contributed by atoms with van der Waals surface area (Å²) in [5.41, 5.74) is -0.0165. The van der Waals surface area contributed by atoms with Gasteiger partial charge in [-0.3, -0.25) is 19.1 Å². The van der Waals surface area contributed by atoms with Crippen molar-refractivity contribution >= 4 is 17.7 Å². The van der Waals surface area contributed by atoms with Crippen molar-refractivity contribution in [3.63, 3.8) is 0 Å². The minimum Gasteiger partial charge on any atom is -0.493 e. The number of methoxy groups -OCH3 is 2. The van der Waals surface area contributed by atoms with Crippen LogP contribution >= 0.6 is 0 Å². The van der Waals surface area contributed by atoms with Gasteiger partial charge < -0.3 is 25.0 Å². The van der Waals surface area contributed by atoms with Gasteiger partial charge in [0.1, 0.15) is 11.2 Å². The number of carbonyl (C=O) groups is 3. The van der Waals surface area contributed by atoms with E-state index in [0.717, 1.165) is 12.0 Å². The summed E-state index contributed by atoms with van der Waals surface area (Å²) >= 11 is 0. The number of carbonyl (C=O) groups excluding carboxylic acids is 3. The fourth-order valence-corrected chi connectivity index (χ4v) is 3.86. The molecule has 3 rings (SSSR count). The summed E-state index contributed by atoms with van der Waals surface area (Å²) in [6.07, 6.45) is 0.842. The lowest BCUT2D eigenvalue weighted by atomic mass is 9.95. The average Bonchev–Trinajstić information content (AvgIpc) is 3.24. The van der Waals surface area contributed by atoms with Gasteiger partial charge in [0.15, 0.2) is 17.2 Å². The molecule has 10 nitrogen and oxygen atoms in total. The summed E-state index contributed by atoms with van der Waals surface area (Å²) in [6.45, 7) is 6.73. The monoisotopic (exact) mass is 471 g/mol. The van der Waals surface area contributed by atoms with E-state index in [1.54, 1.807) is 33.2 Å². The third-order valence-corrected chi connectivity index (χ3v) is 6.15. The van der Waals surface area contributed by atoms with Crippen LogP contribution in [0.3, 0.4) is 0 Å². The Balaban J connectivity index is 1.75. The second kappa shape index (κ2) is 10.1. The lowest BCUT2D eigenvalue weighted by Crippen LogP contribution is -2.62. The number of likely N-dealkylation sites (N-methyl/N-ethyl adjacent to an activating group) is 1. The molecule has 34 heavy (non-hydrogen) atoms. The first-order chi connectivity index (χ1) is 16.1. The number of fused-ring (bicyclic) bond motifs is 1. The van der Waals surface area contributed by atoms with Crippen LogP contribution in [0.1, 0.15) is 53.7 Å². The molecule has 1 aliphatic rings. The molecule has 184 valence electrons. The Labute approximate surface area is 199 Å². The zero-order chi connectivity index (χ0) is 25.0. The number of ether oxygens (including phenoxy) is 2. The van der Waals surface area contributed by atoms with Crippen LogP contribution in [0.4, 0.5) is 0 Å². The highest BCUT2D eigenvalue weighted by Crippen LogP contribution is 2.30. The fraction of sp³-hybridized carbons (Fsp3) is 0.500. The maximum absolute atomic E-state index is 13.0. The number of para-hydroxylation sites is 1. The van der Waals surface area contributed by atoms with Crippen LogP contribution in [0, 0.1) is 5.92 Å². The number of hydrogen-bond acceptors (Lipinski definition) is 6. The Kier molecular flexibility index (Phi) is 7.48. The van der Waals surface area contributed by atoms with Gasteiger partial charge >= 0.3 is 0 Å². The Morgan fingerprint density at radius 3 is 2.59 bits per heavy atom. The van der Waals surface area contributed by atoms with Gasteiger partial charge in [-0.2, -0.15) is 5.10 Å². The maximum atomic E-state index is 13.0. The second-order valence-corrected chi connectivity index (χ2v) is 8.98. The Bertz CT molecular complexity index is 1080. The Hall–Kier alpha value is -3.56. The maximum Gasteiger partial charge on any atom is 0.272 e. The molecule has 3 amide bonds. The molecular formula is C24H33N5O5. The van der Waals surface area contributed by atoms with E-state index in [1.165, 1.54) is 22.8 Å². The van der Waals surface area contributed by atoms with Crippen LogP contribution < -0.4 is 20.1 Å². The molecule has 1 aromatic heterocycles. The highest BCUT2D eigenvalue weighted by molar-refractivity contribution is 6.01. The predicted octanol–water partition coefficient (Wildman–Crippen LogP) is 1.84. The van der Waals surface area contributed by atoms with Crippen LogP contribution in [0.25, 0.3) is 0 Å². The van der Waals surface area contributed by atoms with Crippen LogP contribution in [0.2, 0.25) is 0 Å². The van der Waals surface area contributed by atoms with Crippen molar-refractivity contribution in [2.75, 3.05) is 27.8 Å². The van der Waals surface area contributed by atoms with Gasteiger partial charge in [-0.1, -0.05) is 26.0 Å². The molecule has 0 fully saturated rings. The number of aromatic nitrogens is 2. The summed E-state index contributed by atoms with van der Waals surface area (Å²) in [6, 6.07) is 6.85. The molecule has 0 bridgehead atoms. The highest BCUT2D eigenvalue weighted by atomic mass is 16.5. The molecule has 10 heteroatoms. The van der Waals surface area contributed by atoms with Gasteiger partial charge in [0, 0.05) is 31.8 Å². The number of benzene rings is 1. The SMILES string of the molecule is COc1cccc(CNC(=O)c2cc3n(n2)C[C@](C)(C(=O)NCCC(C)C)N(C)C3=O)c1OC. The van der Waals surface area contributed by atoms with Crippen LogP contribution in [0.5, 0.6) is 11.5 Å². The quantitative estimate of drug-likeness (QED) is 0.577. The molecule has 0 spiro atoms. The third kappa shape index (κ3) is 4.85. The van der Waals surface area contributed by atoms with Crippen molar-refractivity contribution in [3.05, 3.63) is 41.2 Å². The van der Waals surface area contributed by atoms with Gasteiger partial charge in [0.2, 0.25) is 5.91 Å². The highest BCUT2D eigenvalue weighted by Gasteiger charge is 2.46. The van der Waals surface area contributed by atoms with E-state index in [4.69, 9.17) is 9.47 Å². The van der Waals surface area contributed by atoms with Gasteiger partial charge in [0.25, 0.3) is 11.8 Å². The third-order valence-electron chi connectivity index (χ3n) is 6.15. The van der Waals surface area contributed by atoms with Gasteiger partial charge in [0.05, 0.1) is 20.8 Å². The molecule has 0 unspecified atom stereocenters. The van der Waals surface area contributed by atoms with E-state index in [9.17, 15) is 14.4 Å². The van der Waals surface area contributed by atoms with E-state index in [1.807, 2.05) is 6.07 Å². The molecule has 2 aromatic rings. The molecule has 1 atom stereocenters. The second-order valence-electron chi connectivity index (χ2n) is 8.98. The fourth-order valence-electron chi connectivity index (χ4n) is 3.86. The first-order valence-electron chi connectivity index (χ1n) is 11.2. The smallest absolute Gasteiger partial charge is 0.272 e. The number of nitrogens with zero attached hydrogens (tertiary/aromatic N) is 3. The van der Waals surface area contributed by atoms with E-state index >= 15 is 0 Å². The van der Waals surface area contributed by atoms with E-state index in [0.29, 0.717) is 24.0 Å². The molecule has 0 saturated heterocycles. The minimum atomic E-state index is -1.12. The minimum absolute atomic E-state index is 0.100. The summed E-state index contributed by atoms with van der Waals surface area (Å²) in [5.74, 6) is 0.492. The number of hydrogen-bond donors (Lipinski definition) is 2. The summed E-state index contributed by atoms with van der Waals surface area (Å²) < 4.78 is 12.1. The Morgan fingerprint density at radius 1 is 1.21 bits per heavy atom. The summed E-state index contributed by atoms with van der Waals surface area (Å²) in [5, 5.41) is 10.1. The van der Waals surface area contributed by atoms with Crippen molar-refractivity contribution in [2.24, 2.45) is 5.92 Å². The van der Waals surface area contributed by atoms with Gasteiger partial charge in [-0.15, -0.1) is 0 Å². The molecule has 0 aliphatic carbocycles. The van der Waals surface area contributed by atoms with Crippen molar-refractivity contribution in [1.29, 1.82) is 0 Å². The normalized spacial score (nSPS) is 17.4. The largest absolute Gasteiger partial charge is 0.493 e. The first kappa shape index (κ1) is 25.1. The van der Waals surface area contributed by atoms with Crippen molar-refractivity contribution in [2.45, 2.75) is 45.8 Å². The number of rotatable bonds is 9. The zero-order valence-corrected chi connectivity index (χ0v) is 20.6. The van der Waals surface area contributed by atoms with Crippen LogP contribution in [0.15, 0.2) is 24.3 Å². The first-order valence-corrected chi connectivity index (χ1v) is 11.2. The van der Waals surface area contributed by atoms with Crippen LogP contribution in [-0.2, 0) is 17.9 Å². The molecule has 1 aliphatic heterocycles. The van der Waals surface area contributed by atoms with E-state index < -0.39 is 11.4 Å². The molecule has 1 aromatic carbocycles. The lowest BCUT2D eigenvalue weighted by Gasteiger charge is -2.40. The van der Waals surface area contributed by atoms with Gasteiger partial charge in [-0.25, -0.2) is 0 Å².